The number of rotatable bonds is 7. The molecule has 0 radical (unpaired) electrons. The number of aliphatic imine (C=N–C) groups is 1. The molecule has 2 fully saturated rings. The van der Waals surface area contributed by atoms with E-state index in [4.69, 9.17) is 4.74 Å². The molecule has 1 heterocycles. The molecule has 124 valence electrons. The van der Waals surface area contributed by atoms with Crippen LogP contribution in [0.4, 0.5) is 0 Å². The fourth-order valence-electron chi connectivity index (χ4n) is 2.40. The highest BCUT2D eigenvalue weighted by molar-refractivity contribution is 14.0. The van der Waals surface area contributed by atoms with E-state index in [1.165, 1.54) is 25.0 Å². The molecule has 0 amide bonds. The molecule has 1 saturated carbocycles. The number of thioether (sulfide) groups is 1. The molecule has 1 unspecified atom stereocenters. The Labute approximate surface area is 150 Å². The summed E-state index contributed by atoms with van der Waals surface area (Å²) in [6.07, 6.45) is 5.05. The minimum atomic E-state index is 0. The second-order valence-corrected chi connectivity index (χ2v) is 7.10. The van der Waals surface area contributed by atoms with E-state index < -0.39 is 0 Å². The standard InChI is InChI=1S/C15H29N3OS.HI/c1-3-14-11-18(8-10-20-14)15(16-2)17-7-4-9-19-12-13-5-6-13;/h13-14H,3-12H2,1-2H3,(H,16,17);1H. The minimum Gasteiger partial charge on any atom is -0.381 e. The summed E-state index contributed by atoms with van der Waals surface area (Å²) in [6.45, 7) is 7.30. The Hall–Kier alpha value is 0.310. The SMILES string of the molecule is CCC1CN(C(=NC)NCCCOCC2CC2)CCS1.I. The lowest BCUT2D eigenvalue weighted by atomic mass is 10.3. The van der Waals surface area contributed by atoms with E-state index in [0.717, 1.165) is 56.4 Å². The number of guanidine groups is 1. The van der Waals surface area contributed by atoms with E-state index in [0.29, 0.717) is 0 Å². The zero-order chi connectivity index (χ0) is 14.2. The van der Waals surface area contributed by atoms with E-state index in [-0.39, 0.29) is 24.0 Å². The van der Waals surface area contributed by atoms with Gasteiger partial charge >= 0.3 is 0 Å². The highest BCUT2D eigenvalue weighted by Gasteiger charge is 2.22. The summed E-state index contributed by atoms with van der Waals surface area (Å²) in [4.78, 5) is 6.82. The largest absolute Gasteiger partial charge is 0.381 e. The Morgan fingerprint density at radius 2 is 2.24 bits per heavy atom. The summed E-state index contributed by atoms with van der Waals surface area (Å²) in [5, 5.41) is 4.23. The fourth-order valence-corrected chi connectivity index (χ4v) is 3.58. The molecule has 2 aliphatic rings. The van der Waals surface area contributed by atoms with E-state index in [1.807, 2.05) is 7.05 Å². The van der Waals surface area contributed by atoms with Crippen LogP contribution in [0.3, 0.4) is 0 Å². The van der Waals surface area contributed by atoms with Crippen molar-refractivity contribution in [3.8, 4) is 0 Å². The van der Waals surface area contributed by atoms with Crippen molar-refractivity contribution in [1.82, 2.24) is 10.2 Å². The normalized spacial score (nSPS) is 22.9. The average molecular weight is 427 g/mol. The molecule has 1 atom stereocenters. The fraction of sp³-hybridized carbons (Fsp3) is 0.933. The Morgan fingerprint density at radius 3 is 2.90 bits per heavy atom. The second kappa shape index (κ2) is 10.9. The first-order chi connectivity index (χ1) is 9.83. The van der Waals surface area contributed by atoms with Gasteiger partial charge in [-0.25, -0.2) is 0 Å². The third-order valence-electron chi connectivity index (χ3n) is 3.90. The van der Waals surface area contributed by atoms with Crippen LogP contribution in [0, 0.1) is 5.92 Å². The molecule has 2 rings (SSSR count). The van der Waals surface area contributed by atoms with Gasteiger partial charge in [0.05, 0.1) is 0 Å². The molecule has 0 spiro atoms. The van der Waals surface area contributed by atoms with Gasteiger partial charge in [-0.2, -0.15) is 11.8 Å². The van der Waals surface area contributed by atoms with Crippen LogP contribution < -0.4 is 5.32 Å². The molecule has 0 aromatic heterocycles. The molecule has 0 aromatic rings. The van der Waals surface area contributed by atoms with Gasteiger partial charge in [-0.1, -0.05) is 6.92 Å². The van der Waals surface area contributed by atoms with Gasteiger partial charge in [-0.3, -0.25) is 4.99 Å². The maximum atomic E-state index is 5.66. The Kier molecular flexibility index (Phi) is 10.1. The summed E-state index contributed by atoms with van der Waals surface area (Å²) >= 11 is 2.09. The zero-order valence-corrected chi connectivity index (χ0v) is 16.5. The van der Waals surface area contributed by atoms with E-state index in [1.54, 1.807) is 0 Å². The van der Waals surface area contributed by atoms with Crippen LogP contribution >= 0.6 is 35.7 Å². The number of nitrogens with one attached hydrogen (secondary N) is 1. The van der Waals surface area contributed by atoms with Gasteiger partial charge in [0, 0.05) is 50.9 Å². The Morgan fingerprint density at radius 1 is 1.43 bits per heavy atom. The first-order valence-electron chi connectivity index (χ1n) is 7.98. The lowest BCUT2D eigenvalue weighted by Crippen LogP contribution is -2.48. The van der Waals surface area contributed by atoms with Crippen LogP contribution in [0.15, 0.2) is 4.99 Å². The molecular formula is C15H30IN3OS. The summed E-state index contributed by atoms with van der Waals surface area (Å²) in [7, 11) is 1.88. The molecule has 1 N–H and O–H groups in total. The number of nitrogens with zero attached hydrogens (tertiary/aromatic N) is 2. The van der Waals surface area contributed by atoms with Gasteiger partial charge in [-0.15, -0.1) is 24.0 Å². The maximum Gasteiger partial charge on any atom is 0.193 e. The first kappa shape index (κ1) is 19.4. The predicted molar refractivity (Wildman–Crippen MR) is 103 cm³/mol. The lowest BCUT2D eigenvalue weighted by Gasteiger charge is -2.34. The van der Waals surface area contributed by atoms with Crippen LogP contribution in [0.1, 0.15) is 32.6 Å². The van der Waals surface area contributed by atoms with Gasteiger partial charge in [-0.05, 0) is 31.6 Å². The zero-order valence-electron chi connectivity index (χ0n) is 13.3. The van der Waals surface area contributed by atoms with Crippen LogP contribution in [-0.2, 0) is 4.74 Å². The smallest absolute Gasteiger partial charge is 0.193 e. The summed E-state index contributed by atoms with van der Waals surface area (Å²) in [5.74, 6) is 3.14. The Bertz CT molecular complexity index is 313. The quantitative estimate of drug-likeness (QED) is 0.294. The van der Waals surface area contributed by atoms with Crippen molar-refractivity contribution in [2.24, 2.45) is 10.9 Å². The Balaban J connectivity index is 0.00000220. The van der Waals surface area contributed by atoms with Crippen molar-refractivity contribution < 1.29 is 4.74 Å². The van der Waals surface area contributed by atoms with Gasteiger partial charge < -0.3 is 15.0 Å². The van der Waals surface area contributed by atoms with Crippen LogP contribution in [0.25, 0.3) is 0 Å². The van der Waals surface area contributed by atoms with Crippen LogP contribution in [-0.4, -0.2) is 61.8 Å². The lowest BCUT2D eigenvalue weighted by molar-refractivity contribution is 0.122. The van der Waals surface area contributed by atoms with Gasteiger partial charge in [0.1, 0.15) is 0 Å². The van der Waals surface area contributed by atoms with Crippen molar-refractivity contribution in [2.75, 3.05) is 45.6 Å². The van der Waals surface area contributed by atoms with E-state index in [9.17, 15) is 0 Å². The molecule has 6 heteroatoms. The predicted octanol–water partition coefficient (Wildman–Crippen LogP) is 2.82. The topological polar surface area (TPSA) is 36.9 Å². The third kappa shape index (κ3) is 7.41. The van der Waals surface area contributed by atoms with Gasteiger partial charge in [0.2, 0.25) is 0 Å². The van der Waals surface area contributed by atoms with Gasteiger partial charge in [0.15, 0.2) is 5.96 Å². The molecule has 21 heavy (non-hydrogen) atoms. The summed E-state index contributed by atoms with van der Waals surface area (Å²) < 4.78 is 5.66. The minimum absolute atomic E-state index is 0. The second-order valence-electron chi connectivity index (χ2n) is 5.69. The van der Waals surface area contributed by atoms with Gasteiger partial charge in [0.25, 0.3) is 0 Å². The number of halogens is 1. The van der Waals surface area contributed by atoms with Crippen LogP contribution in [0.2, 0.25) is 0 Å². The molecule has 1 aliphatic carbocycles. The highest BCUT2D eigenvalue weighted by Crippen LogP contribution is 2.28. The molecular weight excluding hydrogens is 397 g/mol. The monoisotopic (exact) mass is 427 g/mol. The molecule has 4 nitrogen and oxygen atoms in total. The van der Waals surface area contributed by atoms with Crippen molar-refractivity contribution in [3.63, 3.8) is 0 Å². The number of hydrogen-bond acceptors (Lipinski definition) is 3. The summed E-state index contributed by atoms with van der Waals surface area (Å²) in [6, 6.07) is 0. The van der Waals surface area contributed by atoms with E-state index >= 15 is 0 Å². The first-order valence-corrected chi connectivity index (χ1v) is 9.03. The van der Waals surface area contributed by atoms with Crippen molar-refractivity contribution in [3.05, 3.63) is 0 Å². The number of hydrogen-bond donors (Lipinski definition) is 1. The third-order valence-corrected chi connectivity index (χ3v) is 5.28. The van der Waals surface area contributed by atoms with E-state index in [2.05, 4.69) is 33.9 Å². The van der Waals surface area contributed by atoms with Crippen molar-refractivity contribution in [1.29, 1.82) is 0 Å². The molecule has 1 aliphatic heterocycles. The van der Waals surface area contributed by atoms with Crippen molar-refractivity contribution in [2.45, 2.75) is 37.9 Å². The summed E-state index contributed by atoms with van der Waals surface area (Å²) in [5.41, 5.74) is 0. The molecule has 1 saturated heterocycles. The van der Waals surface area contributed by atoms with Crippen molar-refractivity contribution >= 4 is 41.7 Å². The van der Waals surface area contributed by atoms with Crippen LogP contribution in [0.5, 0.6) is 0 Å². The highest BCUT2D eigenvalue weighted by atomic mass is 127. The maximum absolute atomic E-state index is 5.66. The molecule has 0 bridgehead atoms. The number of ether oxygens (including phenoxy) is 1. The average Bonchev–Trinajstić information content (AvgIpc) is 3.31. The molecule has 0 aromatic carbocycles.